The van der Waals surface area contributed by atoms with Gasteiger partial charge >= 0.3 is 0 Å². The summed E-state index contributed by atoms with van der Waals surface area (Å²) in [6.07, 6.45) is 1.82. The van der Waals surface area contributed by atoms with E-state index in [0.717, 1.165) is 15.6 Å². The number of thioether (sulfide) groups is 1. The third-order valence-corrected chi connectivity index (χ3v) is 6.03. The number of carbonyl (C=O) groups is 1. The van der Waals surface area contributed by atoms with Crippen molar-refractivity contribution in [1.82, 2.24) is 4.90 Å². The van der Waals surface area contributed by atoms with Crippen LogP contribution in [0.25, 0.3) is 6.08 Å². The highest BCUT2D eigenvalue weighted by molar-refractivity contribution is 9.10. The highest BCUT2D eigenvalue weighted by Crippen LogP contribution is 2.39. The highest BCUT2D eigenvalue weighted by atomic mass is 79.9. The standard InChI is InChI=1S/C20H18BrClN2O3S/c1-23-20-24(2)19(25)17(28-20)10-13-8-15(21)18(16(9-13)26-3)27-11-12-4-6-14(22)7-5-12/h4-10H,11H2,1-3H3/b17-10+,23-20?. The van der Waals surface area contributed by atoms with Gasteiger partial charge in [0.05, 0.1) is 16.5 Å². The molecule has 0 unspecified atom stereocenters. The lowest BCUT2D eigenvalue weighted by Crippen LogP contribution is -2.23. The van der Waals surface area contributed by atoms with Crippen molar-refractivity contribution >= 4 is 56.4 Å². The lowest BCUT2D eigenvalue weighted by molar-refractivity contribution is -0.121. The quantitative estimate of drug-likeness (QED) is 0.549. The molecule has 1 aliphatic heterocycles. The van der Waals surface area contributed by atoms with E-state index >= 15 is 0 Å². The lowest BCUT2D eigenvalue weighted by atomic mass is 10.1. The zero-order valence-corrected chi connectivity index (χ0v) is 18.7. The van der Waals surface area contributed by atoms with Crippen LogP contribution in [-0.2, 0) is 11.4 Å². The molecule has 146 valence electrons. The van der Waals surface area contributed by atoms with E-state index < -0.39 is 0 Å². The minimum atomic E-state index is -0.0799. The van der Waals surface area contributed by atoms with Crippen molar-refractivity contribution in [2.45, 2.75) is 6.61 Å². The van der Waals surface area contributed by atoms with Gasteiger partial charge in [-0.3, -0.25) is 14.7 Å². The van der Waals surface area contributed by atoms with Crippen LogP contribution < -0.4 is 9.47 Å². The zero-order chi connectivity index (χ0) is 20.3. The molecule has 0 bridgehead atoms. The fourth-order valence-corrected chi connectivity index (χ4v) is 4.23. The average Bonchev–Trinajstić information content (AvgIpc) is 2.96. The number of halogens is 2. The molecule has 0 atom stereocenters. The molecular formula is C20H18BrClN2O3S. The first-order valence-corrected chi connectivity index (χ1v) is 10.3. The predicted octanol–water partition coefficient (Wildman–Crippen LogP) is 5.22. The highest BCUT2D eigenvalue weighted by Gasteiger charge is 2.29. The molecule has 0 saturated carbocycles. The summed E-state index contributed by atoms with van der Waals surface area (Å²) in [5.41, 5.74) is 1.82. The number of nitrogens with zero attached hydrogens (tertiary/aromatic N) is 2. The topological polar surface area (TPSA) is 51.1 Å². The van der Waals surface area contributed by atoms with Crippen molar-refractivity contribution in [3.8, 4) is 11.5 Å². The molecule has 2 aromatic rings. The summed E-state index contributed by atoms with van der Waals surface area (Å²) in [5, 5.41) is 1.35. The van der Waals surface area contributed by atoms with E-state index in [2.05, 4.69) is 20.9 Å². The third kappa shape index (κ3) is 4.54. The molecule has 1 heterocycles. The van der Waals surface area contributed by atoms with Gasteiger partial charge in [0.15, 0.2) is 16.7 Å². The number of amidine groups is 1. The minimum Gasteiger partial charge on any atom is -0.493 e. The predicted molar refractivity (Wildman–Crippen MR) is 118 cm³/mol. The van der Waals surface area contributed by atoms with Crippen LogP contribution in [0.4, 0.5) is 0 Å². The van der Waals surface area contributed by atoms with Crippen LogP contribution in [0.1, 0.15) is 11.1 Å². The van der Waals surface area contributed by atoms with Crippen LogP contribution in [0.15, 0.2) is 50.8 Å². The minimum absolute atomic E-state index is 0.0799. The summed E-state index contributed by atoms with van der Waals surface area (Å²) in [5.74, 6) is 1.09. The van der Waals surface area contributed by atoms with Gasteiger partial charge in [-0.2, -0.15) is 0 Å². The van der Waals surface area contributed by atoms with Gasteiger partial charge in [0.25, 0.3) is 5.91 Å². The van der Waals surface area contributed by atoms with Gasteiger partial charge in [-0.15, -0.1) is 0 Å². The first-order chi connectivity index (χ1) is 13.4. The van der Waals surface area contributed by atoms with E-state index in [1.54, 1.807) is 21.2 Å². The molecule has 28 heavy (non-hydrogen) atoms. The molecule has 2 aromatic carbocycles. The maximum absolute atomic E-state index is 12.3. The monoisotopic (exact) mass is 480 g/mol. The molecule has 1 aliphatic rings. The van der Waals surface area contributed by atoms with Crippen LogP contribution in [0, 0.1) is 0 Å². The van der Waals surface area contributed by atoms with Crippen molar-refractivity contribution in [2.75, 3.05) is 21.2 Å². The zero-order valence-electron chi connectivity index (χ0n) is 15.5. The second kappa shape index (κ2) is 9.03. The largest absolute Gasteiger partial charge is 0.493 e. The second-order valence-corrected chi connectivity index (χ2v) is 8.23. The van der Waals surface area contributed by atoms with Gasteiger partial charge in [0, 0.05) is 19.1 Å². The maximum Gasteiger partial charge on any atom is 0.266 e. The first kappa shape index (κ1) is 20.8. The Kier molecular flexibility index (Phi) is 6.69. The SMILES string of the molecule is CN=C1S/C(=C/c2cc(Br)c(OCc3ccc(Cl)cc3)c(OC)c2)C(=O)N1C. The van der Waals surface area contributed by atoms with Crippen LogP contribution in [0.3, 0.4) is 0 Å². The fraction of sp³-hybridized carbons (Fsp3) is 0.200. The molecule has 3 rings (SSSR count). The van der Waals surface area contributed by atoms with Crippen LogP contribution in [0.2, 0.25) is 5.02 Å². The Bertz CT molecular complexity index is 961. The summed E-state index contributed by atoms with van der Waals surface area (Å²) < 4.78 is 12.2. The number of ether oxygens (including phenoxy) is 2. The Morgan fingerprint density at radius 2 is 2.00 bits per heavy atom. The summed E-state index contributed by atoms with van der Waals surface area (Å²) in [4.78, 5) is 18.6. The summed E-state index contributed by atoms with van der Waals surface area (Å²) in [7, 11) is 4.96. The van der Waals surface area contributed by atoms with Crippen molar-refractivity contribution < 1.29 is 14.3 Å². The number of methoxy groups -OCH3 is 1. The van der Waals surface area contributed by atoms with Gasteiger partial charge in [0.2, 0.25) is 0 Å². The van der Waals surface area contributed by atoms with Crippen molar-refractivity contribution in [1.29, 1.82) is 0 Å². The molecule has 0 radical (unpaired) electrons. The molecule has 1 saturated heterocycles. The number of hydrogen-bond donors (Lipinski definition) is 0. The van der Waals surface area contributed by atoms with E-state index in [-0.39, 0.29) is 5.91 Å². The number of hydrogen-bond acceptors (Lipinski definition) is 5. The Morgan fingerprint density at radius 1 is 1.29 bits per heavy atom. The molecule has 8 heteroatoms. The molecular weight excluding hydrogens is 464 g/mol. The molecule has 0 N–H and O–H groups in total. The smallest absolute Gasteiger partial charge is 0.266 e. The van der Waals surface area contributed by atoms with E-state index in [1.807, 2.05) is 42.5 Å². The summed E-state index contributed by atoms with van der Waals surface area (Å²) in [6, 6.07) is 11.2. The number of benzene rings is 2. The van der Waals surface area contributed by atoms with Crippen molar-refractivity contribution in [2.24, 2.45) is 4.99 Å². The normalized spacial score (nSPS) is 16.9. The van der Waals surface area contributed by atoms with E-state index in [4.69, 9.17) is 21.1 Å². The van der Waals surface area contributed by atoms with Gasteiger partial charge in [0.1, 0.15) is 6.61 Å². The molecule has 1 amide bonds. The average molecular weight is 482 g/mol. The number of amides is 1. The third-order valence-electron chi connectivity index (χ3n) is 4.04. The fourth-order valence-electron chi connectivity index (χ4n) is 2.60. The van der Waals surface area contributed by atoms with Gasteiger partial charge < -0.3 is 9.47 Å². The van der Waals surface area contributed by atoms with Crippen molar-refractivity contribution in [3.05, 3.63) is 61.9 Å². The second-order valence-electron chi connectivity index (χ2n) is 5.93. The van der Waals surface area contributed by atoms with Crippen LogP contribution in [-0.4, -0.2) is 37.2 Å². The van der Waals surface area contributed by atoms with Crippen LogP contribution in [0.5, 0.6) is 11.5 Å². The number of rotatable bonds is 5. The number of aliphatic imine (C=N–C) groups is 1. The molecule has 0 aromatic heterocycles. The first-order valence-electron chi connectivity index (χ1n) is 8.32. The Hall–Kier alpha value is -1.96. The molecule has 0 aliphatic carbocycles. The Balaban J connectivity index is 1.84. The molecule has 0 spiro atoms. The van der Waals surface area contributed by atoms with Crippen molar-refractivity contribution in [3.63, 3.8) is 0 Å². The number of likely N-dealkylation sites (N-methyl/N-ethyl adjacent to an activating group) is 1. The Morgan fingerprint density at radius 3 is 2.61 bits per heavy atom. The number of carbonyl (C=O) groups excluding carboxylic acids is 1. The summed E-state index contributed by atoms with van der Waals surface area (Å²) in [6.45, 7) is 0.377. The van der Waals surface area contributed by atoms with Gasteiger partial charge in [-0.1, -0.05) is 23.7 Å². The van der Waals surface area contributed by atoms with Gasteiger partial charge in [-0.25, -0.2) is 0 Å². The lowest BCUT2D eigenvalue weighted by Gasteiger charge is -2.14. The van der Waals surface area contributed by atoms with E-state index in [9.17, 15) is 4.79 Å². The van der Waals surface area contributed by atoms with Gasteiger partial charge in [-0.05, 0) is 69.2 Å². The van der Waals surface area contributed by atoms with E-state index in [1.165, 1.54) is 16.7 Å². The molecule has 5 nitrogen and oxygen atoms in total. The van der Waals surface area contributed by atoms with E-state index in [0.29, 0.717) is 33.2 Å². The Labute approximate surface area is 181 Å². The van der Waals surface area contributed by atoms with Crippen LogP contribution >= 0.6 is 39.3 Å². The maximum atomic E-state index is 12.3. The summed E-state index contributed by atoms with van der Waals surface area (Å²) >= 11 is 10.8. The molecule has 1 fully saturated rings.